The van der Waals surface area contributed by atoms with Crippen molar-refractivity contribution in [3.63, 3.8) is 0 Å². The Hall–Kier alpha value is -0.680. The van der Waals surface area contributed by atoms with Gasteiger partial charge in [-0.1, -0.05) is 17.7 Å². The van der Waals surface area contributed by atoms with E-state index in [1.807, 2.05) is 0 Å². The Morgan fingerprint density at radius 3 is 2.50 bits per heavy atom. The summed E-state index contributed by atoms with van der Waals surface area (Å²) in [6.07, 6.45) is 0. The van der Waals surface area contributed by atoms with Crippen LogP contribution in [0.2, 0.25) is 5.02 Å². The molecule has 2 N–H and O–H groups in total. The Labute approximate surface area is 157 Å². The molecule has 1 aliphatic heterocycles. The third-order valence-electron chi connectivity index (χ3n) is 3.34. The molecule has 12 heteroatoms. The molecule has 0 aromatic heterocycles. The number of nitrogens with one attached hydrogen (secondary N) is 2. The molecular formula is C12H19Cl3N4O4S. The lowest BCUT2D eigenvalue weighted by molar-refractivity contribution is -0.387. The smallest absolute Gasteiger partial charge is 0.290 e. The molecule has 1 aliphatic rings. The molecule has 0 unspecified atom stereocenters. The third kappa shape index (κ3) is 5.99. The zero-order chi connectivity index (χ0) is 16.2. The van der Waals surface area contributed by atoms with Crippen molar-refractivity contribution in [2.75, 3.05) is 39.3 Å². The van der Waals surface area contributed by atoms with E-state index >= 15 is 0 Å². The highest BCUT2D eigenvalue weighted by molar-refractivity contribution is 7.89. The largest absolute Gasteiger partial charge is 0.314 e. The first kappa shape index (κ1) is 23.3. The van der Waals surface area contributed by atoms with E-state index in [1.54, 1.807) is 0 Å². The number of hydrogen-bond donors (Lipinski definition) is 2. The summed E-state index contributed by atoms with van der Waals surface area (Å²) in [5, 5.41) is 14.0. The van der Waals surface area contributed by atoms with Gasteiger partial charge < -0.3 is 5.32 Å². The molecule has 0 spiro atoms. The van der Waals surface area contributed by atoms with E-state index in [0.717, 1.165) is 32.2 Å². The Morgan fingerprint density at radius 2 is 1.92 bits per heavy atom. The van der Waals surface area contributed by atoms with Gasteiger partial charge in [-0.25, -0.2) is 13.1 Å². The average molecular weight is 422 g/mol. The van der Waals surface area contributed by atoms with E-state index in [0.29, 0.717) is 6.54 Å². The fourth-order valence-electron chi connectivity index (χ4n) is 2.25. The zero-order valence-corrected chi connectivity index (χ0v) is 15.8. The number of halogens is 3. The molecule has 2 rings (SSSR count). The van der Waals surface area contributed by atoms with Gasteiger partial charge in [-0.15, -0.1) is 24.8 Å². The molecule has 0 bridgehead atoms. The molecule has 1 saturated heterocycles. The first-order valence-corrected chi connectivity index (χ1v) is 8.63. The minimum Gasteiger partial charge on any atom is -0.314 e. The normalized spacial score (nSPS) is 15.2. The number of hydrogen-bond acceptors (Lipinski definition) is 6. The monoisotopic (exact) mass is 420 g/mol. The van der Waals surface area contributed by atoms with Gasteiger partial charge in [0.15, 0.2) is 4.90 Å². The summed E-state index contributed by atoms with van der Waals surface area (Å²) in [6, 6.07) is 3.79. The highest BCUT2D eigenvalue weighted by atomic mass is 35.5. The van der Waals surface area contributed by atoms with Crippen LogP contribution in [0.5, 0.6) is 0 Å². The number of rotatable bonds is 6. The molecule has 24 heavy (non-hydrogen) atoms. The van der Waals surface area contributed by atoms with E-state index in [4.69, 9.17) is 11.6 Å². The van der Waals surface area contributed by atoms with Crippen LogP contribution in [0.1, 0.15) is 0 Å². The van der Waals surface area contributed by atoms with Crippen LogP contribution in [0.3, 0.4) is 0 Å². The molecule has 1 aromatic carbocycles. The maximum atomic E-state index is 12.3. The second-order valence-electron chi connectivity index (χ2n) is 4.83. The van der Waals surface area contributed by atoms with Crippen molar-refractivity contribution in [1.82, 2.24) is 14.9 Å². The fraction of sp³-hybridized carbons (Fsp3) is 0.500. The van der Waals surface area contributed by atoms with Crippen molar-refractivity contribution >= 4 is 52.1 Å². The molecule has 8 nitrogen and oxygen atoms in total. The van der Waals surface area contributed by atoms with Gasteiger partial charge in [-0.2, -0.15) is 0 Å². The van der Waals surface area contributed by atoms with Crippen LogP contribution >= 0.6 is 36.4 Å². The van der Waals surface area contributed by atoms with Gasteiger partial charge in [0.05, 0.1) is 9.95 Å². The molecule has 1 fully saturated rings. The summed E-state index contributed by atoms with van der Waals surface area (Å²) in [4.78, 5) is 11.9. The highest BCUT2D eigenvalue weighted by Crippen LogP contribution is 2.30. The van der Waals surface area contributed by atoms with Crippen LogP contribution in [-0.4, -0.2) is 57.5 Å². The second kappa shape index (κ2) is 10.3. The number of nitro benzene ring substituents is 1. The predicted octanol–water partition coefficient (Wildman–Crippen LogP) is 1.28. The summed E-state index contributed by atoms with van der Waals surface area (Å²) in [6.45, 7) is 4.12. The molecule has 0 saturated carbocycles. The van der Waals surface area contributed by atoms with Gasteiger partial charge in [0, 0.05) is 45.3 Å². The Bertz CT molecular complexity index is 654. The maximum absolute atomic E-state index is 12.3. The third-order valence-corrected chi connectivity index (χ3v) is 5.32. The van der Waals surface area contributed by atoms with Gasteiger partial charge in [0.2, 0.25) is 10.0 Å². The minimum atomic E-state index is -4.03. The number of benzene rings is 1. The minimum absolute atomic E-state index is 0. The SMILES string of the molecule is Cl.Cl.O=[N+]([O-])c1cccc(Cl)c1S(=O)(=O)NCCN1CCNCC1. The molecule has 1 heterocycles. The fourth-order valence-corrected chi connectivity index (χ4v) is 3.97. The zero-order valence-electron chi connectivity index (χ0n) is 12.6. The van der Waals surface area contributed by atoms with Crippen molar-refractivity contribution < 1.29 is 13.3 Å². The Balaban J connectivity index is 0.00000264. The van der Waals surface area contributed by atoms with Crippen LogP contribution in [-0.2, 0) is 10.0 Å². The van der Waals surface area contributed by atoms with Crippen LogP contribution < -0.4 is 10.0 Å². The van der Waals surface area contributed by atoms with Gasteiger partial charge in [-0.3, -0.25) is 15.0 Å². The lowest BCUT2D eigenvalue weighted by Crippen LogP contribution is -2.46. The van der Waals surface area contributed by atoms with Crippen molar-refractivity contribution in [3.05, 3.63) is 33.3 Å². The van der Waals surface area contributed by atoms with Crippen molar-refractivity contribution in [2.45, 2.75) is 4.90 Å². The summed E-state index contributed by atoms with van der Waals surface area (Å²) in [7, 11) is -4.03. The lowest BCUT2D eigenvalue weighted by atomic mass is 10.3. The number of piperazine rings is 1. The van der Waals surface area contributed by atoms with E-state index < -0.39 is 25.5 Å². The summed E-state index contributed by atoms with van der Waals surface area (Å²) >= 11 is 5.84. The first-order chi connectivity index (χ1) is 10.4. The first-order valence-electron chi connectivity index (χ1n) is 6.77. The van der Waals surface area contributed by atoms with Crippen LogP contribution in [0.25, 0.3) is 0 Å². The number of sulfonamides is 1. The van der Waals surface area contributed by atoms with E-state index in [1.165, 1.54) is 12.1 Å². The van der Waals surface area contributed by atoms with E-state index in [-0.39, 0.29) is 36.4 Å². The van der Waals surface area contributed by atoms with E-state index in [2.05, 4.69) is 14.9 Å². The van der Waals surface area contributed by atoms with Gasteiger partial charge in [-0.05, 0) is 6.07 Å². The highest BCUT2D eigenvalue weighted by Gasteiger charge is 2.28. The van der Waals surface area contributed by atoms with Crippen LogP contribution in [0, 0.1) is 10.1 Å². The summed E-state index contributed by atoms with van der Waals surface area (Å²) in [5.41, 5.74) is -0.526. The average Bonchev–Trinajstić information content (AvgIpc) is 2.47. The molecule has 0 aliphatic carbocycles. The van der Waals surface area contributed by atoms with E-state index in [9.17, 15) is 18.5 Å². The van der Waals surface area contributed by atoms with Gasteiger partial charge >= 0.3 is 0 Å². The van der Waals surface area contributed by atoms with Gasteiger partial charge in [0.25, 0.3) is 5.69 Å². The second-order valence-corrected chi connectivity index (χ2v) is 6.95. The standard InChI is InChI=1S/C12H17ClN4O4S.2ClH/c13-10-2-1-3-11(17(18)19)12(10)22(20,21)15-6-9-16-7-4-14-5-8-16;;/h1-3,14-15H,4-9H2;2*1H. The molecule has 0 amide bonds. The van der Waals surface area contributed by atoms with Crippen molar-refractivity contribution in [3.8, 4) is 0 Å². The Kier molecular flexibility index (Phi) is 10.0. The van der Waals surface area contributed by atoms with Crippen molar-refractivity contribution in [2.24, 2.45) is 0 Å². The predicted molar refractivity (Wildman–Crippen MR) is 97.1 cm³/mol. The topological polar surface area (TPSA) is 105 Å². The van der Waals surface area contributed by atoms with Gasteiger partial charge in [0.1, 0.15) is 0 Å². The van der Waals surface area contributed by atoms with Crippen LogP contribution in [0.15, 0.2) is 23.1 Å². The molecular weight excluding hydrogens is 403 g/mol. The molecule has 0 atom stereocenters. The summed E-state index contributed by atoms with van der Waals surface area (Å²) in [5.74, 6) is 0. The number of nitrogens with zero attached hydrogens (tertiary/aromatic N) is 2. The van der Waals surface area contributed by atoms with Crippen LogP contribution in [0.4, 0.5) is 5.69 Å². The molecule has 1 aromatic rings. The summed E-state index contributed by atoms with van der Waals surface area (Å²) < 4.78 is 27.0. The van der Waals surface area contributed by atoms with Crippen molar-refractivity contribution in [1.29, 1.82) is 0 Å². The maximum Gasteiger partial charge on any atom is 0.290 e. The molecule has 138 valence electrons. The lowest BCUT2D eigenvalue weighted by Gasteiger charge is -2.27. The molecule has 0 radical (unpaired) electrons. The Morgan fingerprint density at radius 1 is 1.29 bits per heavy atom. The quantitative estimate of drug-likeness (QED) is 0.529. The number of nitro groups is 1.